The number of benzene rings is 1. The first-order valence-electron chi connectivity index (χ1n) is 7.35. The molecule has 0 spiro atoms. The summed E-state index contributed by atoms with van der Waals surface area (Å²) in [6.45, 7) is 9.22. The standard InChI is InChI=1S/C16H25NO2/c1-4-15-8-12-7-14(11-18)16(19-6-3)9-13(12)10-17(15)5-2/h7,9,15,18H,4-6,8,10-11H2,1-3H3. The van der Waals surface area contributed by atoms with Crippen molar-refractivity contribution in [3.8, 4) is 5.75 Å². The van der Waals surface area contributed by atoms with Gasteiger partial charge in [-0.25, -0.2) is 0 Å². The van der Waals surface area contributed by atoms with E-state index in [1.54, 1.807) is 0 Å². The van der Waals surface area contributed by atoms with Crippen molar-refractivity contribution in [2.75, 3.05) is 13.2 Å². The Kier molecular flexibility index (Phi) is 4.83. The lowest BCUT2D eigenvalue weighted by molar-refractivity contribution is 0.175. The van der Waals surface area contributed by atoms with Crippen LogP contribution in [0.2, 0.25) is 0 Å². The first-order chi connectivity index (χ1) is 9.23. The van der Waals surface area contributed by atoms with E-state index >= 15 is 0 Å². The maximum absolute atomic E-state index is 9.48. The number of hydrogen-bond donors (Lipinski definition) is 1. The molecular formula is C16H25NO2. The van der Waals surface area contributed by atoms with Gasteiger partial charge in [0.25, 0.3) is 0 Å². The van der Waals surface area contributed by atoms with E-state index in [-0.39, 0.29) is 6.61 Å². The lowest BCUT2D eigenvalue weighted by Gasteiger charge is -2.36. The Hall–Kier alpha value is -1.06. The highest BCUT2D eigenvalue weighted by molar-refractivity contribution is 5.44. The normalized spacial score (nSPS) is 19.3. The molecule has 3 nitrogen and oxygen atoms in total. The fourth-order valence-corrected chi connectivity index (χ4v) is 2.97. The number of rotatable bonds is 5. The average molecular weight is 263 g/mol. The van der Waals surface area contributed by atoms with Crippen molar-refractivity contribution >= 4 is 0 Å². The second-order valence-electron chi connectivity index (χ2n) is 5.15. The third-order valence-electron chi connectivity index (χ3n) is 4.08. The number of aliphatic hydroxyl groups is 1. The molecule has 1 aromatic rings. The van der Waals surface area contributed by atoms with Crippen LogP contribution in [0, 0.1) is 0 Å². The highest BCUT2D eigenvalue weighted by Gasteiger charge is 2.24. The first-order valence-corrected chi connectivity index (χ1v) is 7.35. The van der Waals surface area contributed by atoms with Gasteiger partial charge >= 0.3 is 0 Å². The molecule has 1 N–H and O–H groups in total. The smallest absolute Gasteiger partial charge is 0.125 e. The van der Waals surface area contributed by atoms with Gasteiger partial charge in [-0.1, -0.05) is 13.8 Å². The Morgan fingerprint density at radius 2 is 2.05 bits per heavy atom. The van der Waals surface area contributed by atoms with E-state index in [0.717, 1.165) is 30.8 Å². The van der Waals surface area contributed by atoms with Crippen LogP contribution in [0.4, 0.5) is 0 Å². The van der Waals surface area contributed by atoms with Crippen LogP contribution < -0.4 is 4.74 Å². The Bertz CT molecular complexity index is 431. The van der Waals surface area contributed by atoms with Gasteiger partial charge in [0.2, 0.25) is 0 Å². The van der Waals surface area contributed by atoms with Crippen LogP contribution in [-0.4, -0.2) is 29.2 Å². The third-order valence-corrected chi connectivity index (χ3v) is 4.08. The van der Waals surface area contributed by atoms with Gasteiger partial charge in [-0.2, -0.15) is 0 Å². The maximum Gasteiger partial charge on any atom is 0.125 e. The number of ether oxygens (including phenoxy) is 1. The van der Waals surface area contributed by atoms with E-state index < -0.39 is 0 Å². The second-order valence-corrected chi connectivity index (χ2v) is 5.15. The molecule has 0 aliphatic carbocycles. The van der Waals surface area contributed by atoms with Gasteiger partial charge in [0.05, 0.1) is 13.2 Å². The minimum Gasteiger partial charge on any atom is -0.493 e. The molecule has 0 aromatic heterocycles. The molecule has 106 valence electrons. The predicted octanol–water partition coefficient (Wildman–Crippen LogP) is 2.73. The maximum atomic E-state index is 9.48. The van der Waals surface area contributed by atoms with Crippen molar-refractivity contribution in [3.63, 3.8) is 0 Å². The van der Waals surface area contributed by atoms with Crippen LogP contribution in [0.3, 0.4) is 0 Å². The van der Waals surface area contributed by atoms with Crippen LogP contribution >= 0.6 is 0 Å². The van der Waals surface area contributed by atoms with Crippen LogP contribution in [0.1, 0.15) is 43.9 Å². The molecule has 2 rings (SSSR count). The average Bonchev–Trinajstić information content (AvgIpc) is 2.45. The highest BCUT2D eigenvalue weighted by atomic mass is 16.5. The van der Waals surface area contributed by atoms with E-state index in [0.29, 0.717) is 12.6 Å². The summed E-state index contributed by atoms with van der Waals surface area (Å²) in [5.41, 5.74) is 3.65. The second kappa shape index (κ2) is 6.40. The highest BCUT2D eigenvalue weighted by Crippen LogP contribution is 2.31. The topological polar surface area (TPSA) is 32.7 Å². The largest absolute Gasteiger partial charge is 0.493 e. The van der Waals surface area contributed by atoms with Crippen molar-refractivity contribution in [2.45, 2.75) is 52.8 Å². The Balaban J connectivity index is 2.34. The summed E-state index contributed by atoms with van der Waals surface area (Å²) in [7, 11) is 0. The Morgan fingerprint density at radius 3 is 2.63 bits per heavy atom. The predicted molar refractivity (Wildman–Crippen MR) is 77.4 cm³/mol. The van der Waals surface area contributed by atoms with E-state index in [9.17, 15) is 5.11 Å². The molecule has 0 saturated heterocycles. The fraction of sp³-hybridized carbons (Fsp3) is 0.625. The third kappa shape index (κ3) is 2.93. The van der Waals surface area contributed by atoms with Gasteiger partial charge < -0.3 is 9.84 Å². The molecular weight excluding hydrogens is 238 g/mol. The van der Waals surface area contributed by atoms with Gasteiger partial charge in [0.1, 0.15) is 5.75 Å². The molecule has 0 fully saturated rings. The van der Waals surface area contributed by atoms with Crippen molar-refractivity contribution < 1.29 is 9.84 Å². The van der Waals surface area contributed by atoms with Crippen molar-refractivity contribution in [2.24, 2.45) is 0 Å². The molecule has 1 aromatic carbocycles. The van der Waals surface area contributed by atoms with Gasteiger partial charge in [-0.15, -0.1) is 0 Å². The first kappa shape index (κ1) is 14.4. The minimum atomic E-state index is 0.0525. The summed E-state index contributed by atoms with van der Waals surface area (Å²) < 4.78 is 5.64. The Morgan fingerprint density at radius 1 is 1.26 bits per heavy atom. The molecule has 1 aliphatic rings. The zero-order valence-electron chi connectivity index (χ0n) is 12.3. The zero-order valence-corrected chi connectivity index (χ0v) is 12.3. The number of likely N-dealkylation sites (N-methyl/N-ethyl adjacent to an activating group) is 1. The molecule has 0 saturated carbocycles. The summed E-state index contributed by atoms with van der Waals surface area (Å²) >= 11 is 0. The van der Waals surface area contributed by atoms with Crippen LogP contribution in [0.5, 0.6) is 5.75 Å². The van der Waals surface area contributed by atoms with Gasteiger partial charge in [-0.05, 0) is 49.6 Å². The number of aliphatic hydroxyl groups excluding tert-OH is 1. The van der Waals surface area contributed by atoms with Crippen molar-refractivity contribution in [1.29, 1.82) is 0 Å². The lowest BCUT2D eigenvalue weighted by atomic mass is 9.91. The monoisotopic (exact) mass is 263 g/mol. The molecule has 0 amide bonds. The van der Waals surface area contributed by atoms with Crippen molar-refractivity contribution in [1.82, 2.24) is 4.90 Å². The molecule has 19 heavy (non-hydrogen) atoms. The minimum absolute atomic E-state index is 0.0525. The summed E-state index contributed by atoms with van der Waals surface area (Å²) in [5, 5.41) is 9.48. The van der Waals surface area contributed by atoms with Crippen LogP contribution in [0.25, 0.3) is 0 Å². The molecule has 1 atom stereocenters. The Labute approximate surface area is 116 Å². The van der Waals surface area contributed by atoms with Gasteiger partial charge in [0, 0.05) is 18.2 Å². The van der Waals surface area contributed by atoms with E-state index in [4.69, 9.17) is 4.74 Å². The lowest BCUT2D eigenvalue weighted by Crippen LogP contribution is -2.39. The molecule has 1 heterocycles. The van der Waals surface area contributed by atoms with E-state index in [1.165, 1.54) is 17.5 Å². The quantitative estimate of drug-likeness (QED) is 0.886. The number of fused-ring (bicyclic) bond motifs is 1. The zero-order chi connectivity index (χ0) is 13.8. The molecule has 1 aliphatic heterocycles. The van der Waals surface area contributed by atoms with Crippen LogP contribution in [0.15, 0.2) is 12.1 Å². The molecule has 1 unspecified atom stereocenters. The summed E-state index contributed by atoms with van der Waals surface area (Å²) in [5.74, 6) is 0.842. The van der Waals surface area contributed by atoms with Crippen molar-refractivity contribution in [3.05, 3.63) is 28.8 Å². The van der Waals surface area contributed by atoms with Gasteiger partial charge in [0.15, 0.2) is 0 Å². The fourth-order valence-electron chi connectivity index (χ4n) is 2.97. The number of nitrogens with zero attached hydrogens (tertiary/aromatic N) is 1. The number of hydrogen-bond acceptors (Lipinski definition) is 3. The SMILES string of the molecule is CCOc1cc2c(cc1CO)CC(CC)N(CC)C2. The molecule has 0 bridgehead atoms. The van der Waals surface area contributed by atoms with Gasteiger partial charge in [-0.3, -0.25) is 4.90 Å². The summed E-state index contributed by atoms with van der Waals surface area (Å²) in [4.78, 5) is 2.52. The van der Waals surface area contributed by atoms with Crippen LogP contribution in [-0.2, 0) is 19.6 Å². The summed E-state index contributed by atoms with van der Waals surface area (Å²) in [6.07, 6.45) is 2.26. The molecule has 0 radical (unpaired) electrons. The van der Waals surface area contributed by atoms with E-state index in [1.807, 2.05) is 6.92 Å². The molecule has 3 heteroatoms. The summed E-state index contributed by atoms with van der Waals surface area (Å²) in [6, 6.07) is 4.89. The van der Waals surface area contributed by atoms with E-state index in [2.05, 4.69) is 30.9 Å².